The summed E-state index contributed by atoms with van der Waals surface area (Å²) >= 11 is 0. The van der Waals surface area contributed by atoms with Crippen LogP contribution in [-0.4, -0.2) is 4.57 Å². The zero-order valence-corrected chi connectivity index (χ0v) is 30.8. The first-order valence-corrected chi connectivity index (χ1v) is 19.2. The van der Waals surface area contributed by atoms with Crippen molar-refractivity contribution in [2.24, 2.45) is 0 Å². The molecule has 0 fully saturated rings. The topological polar surface area (TPSA) is 8.17 Å². The highest BCUT2D eigenvalue weighted by atomic mass is 15.1. The lowest BCUT2D eigenvalue weighted by Crippen LogP contribution is -2.11. The van der Waals surface area contributed by atoms with Crippen molar-refractivity contribution in [3.05, 3.63) is 231 Å². The lowest BCUT2D eigenvalue weighted by Gasteiger charge is -2.29. The second-order valence-corrected chi connectivity index (χ2v) is 14.1. The number of para-hydroxylation sites is 5. The fraction of sp³-hybridized carbons (Fsp3) is 0. The molecule has 0 saturated carbocycles. The maximum atomic E-state index is 2.42. The van der Waals surface area contributed by atoms with Gasteiger partial charge >= 0.3 is 0 Å². The zero-order valence-electron chi connectivity index (χ0n) is 30.8. The van der Waals surface area contributed by atoms with Gasteiger partial charge < -0.3 is 9.47 Å². The number of anilines is 3. The first kappa shape index (κ1) is 33.2. The number of fused-ring (bicyclic) bond motifs is 3. The Balaban J connectivity index is 1.17. The van der Waals surface area contributed by atoms with Crippen molar-refractivity contribution < 1.29 is 0 Å². The van der Waals surface area contributed by atoms with Gasteiger partial charge in [-0.15, -0.1) is 0 Å². The Morgan fingerprint density at radius 3 is 1.54 bits per heavy atom. The molecule has 0 aliphatic heterocycles. The second kappa shape index (κ2) is 14.4. The molecule has 0 amide bonds. The summed E-state index contributed by atoms with van der Waals surface area (Å²) in [7, 11) is 0. The molecule has 0 atom stereocenters. The maximum Gasteiger partial charge on any atom is 0.0619 e. The van der Waals surface area contributed by atoms with Crippen LogP contribution >= 0.6 is 0 Å². The summed E-state index contributed by atoms with van der Waals surface area (Å²) < 4.78 is 2.42. The Morgan fingerprint density at radius 1 is 0.304 bits per heavy atom. The van der Waals surface area contributed by atoms with E-state index in [4.69, 9.17) is 0 Å². The van der Waals surface area contributed by atoms with E-state index in [1.807, 2.05) is 0 Å². The van der Waals surface area contributed by atoms with Crippen LogP contribution in [0.3, 0.4) is 0 Å². The van der Waals surface area contributed by atoms with Crippen LogP contribution in [0.1, 0.15) is 0 Å². The number of nitrogens with zero attached hydrogens (tertiary/aromatic N) is 2. The molecule has 0 spiro atoms. The summed E-state index contributed by atoms with van der Waals surface area (Å²) in [6.45, 7) is 0. The van der Waals surface area contributed by atoms with E-state index in [9.17, 15) is 0 Å². The first-order valence-electron chi connectivity index (χ1n) is 19.2. The van der Waals surface area contributed by atoms with Crippen LogP contribution in [0.2, 0.25) is 0 Å². The maximum absolute atomic E-state index is 2.42. The number of aromatic nitrogens is 1. The van der Waals surface area contributed by atoms with Gasteiger partial charge in [-0.05, 0) is 81.9 Å². The van der Waals surface area contributed by atoms with Gasteiger partial charge in [0.25, 0.3) is 0 Å². The third kappa shape index (κ3) is 5.85. The molecule has 0 radical (unpaired) electrons. The normalized spacial score (nSPS) is 11.2. The van der Waals surface area contributed by atoms with Crippen molar-refractivity contribution in [1.29, 1.82) is 0 Å². The molecule has 10 rings (SSSR count). The average Bonchev–Trinajstić information content (AvgIpc) is 3.62. The van der Waals surface area contributed by atoms with E-state index in [0.717, 1.165) is 33.9 Å². The molecule has 264 valence electrons. The quantitative estimate of drug-likeness (QED) is 0.152. The lowest BCUT2D eigenvalue weighted by molar-refractivity contribution is 1.18. The minimum atomic E-state index is 1.09. The molecule has 0 aliphatic rings. The molecule has 1 heterocycles. The van der Waals surface area contributed by atoms with Crippen molar-refractivity contribution in [2.45, 2.75) is 0 Å². The van der Waals surface area contributed by atoms with E-state index in [0.29, 0.717) is 0 Å². The smallest absolute Gasteiger partial charge is 0.0619 e. The average molecular weight is 715 g/mol. The van der Waals surface area contributed by atoms with Gasteiger partial charge in [-0.1, -0.05) is 182 Å². The Kier molecular flexibility index (Phi) is 8.55. The molecule has 1 aromatic heterocycles. The first-order chi connectivity index (χ1) is 27.8. The van der Waals surface area contributed by atoms with Gasteiger partial charge in [0, 0.05) is 39.0 Å². The van der Waals surface area contributed by atoms with Crippen LogP contribution in [0.25, 0.3) is 72.0 Å². The van der Waals surface area contributed by atoms with Crippen molar-refractivity contribution >= 4 is 38.9 Å². The van der Waals surface area contributed by atoms with E-state index in [2.05, 4.69) is 240 Å². The Morgan fingerprint density at radius 2 is 0.786 bits per heavy atom. The molecular formula is C54H38N2. The van der Waals surface area contributed by atoms with Crippen molar-refractivity contribution in [2.75, 3.05) is 4.90 Å². The predicted molar refractivity (Wildman–Crippen MR) is 237 cm³/mol. The SMILES string of the molecule is c1ccc(-c2ccccc2-c2ccccc2-c2ccccc2N(c2ccccc2)c2cccc(-c3cccc4c5ccccc5n(-c5ccccc5)c34)c2)cc1. The van der Waals surface area contributed by atoms with Crippen LogP contribution in [0.15, 0.2) is 231 Å². The number of hydrogen-bond acceptors (Lipinski definition) is 1. The molecule has 2 nitrogen and oxygen atoms in total. The fourth-order valence-corrected chi connectivity index (χ4v) is 8.35. The largest absolute Gasteiger partial charge is 0.310 e. The highest BCUT2D eigenvalue weighted by molar-refractivity contribution is 6.14. The summed E-state index contributed by atoms with van der Waals surface area (Å²) in [4.78, 5) is 2.41. The Labute approximate surface area is 327 Å². The minimum Gasteiger partial charge on any atom is -0.310 e. The van der Waals surface area contributed by atoms with Crippen LogP contribution in [0, 0.1) is 0 Å². The molecular weight excluding hydrogens is 677 g/mol. The van der Waals surface area contributed by atoms with Gasteiger partial charge in [-0.25, -0.2) is 0 Å². The minimum absolute atomic E-state index is 1.09. The summed E-state index contributed by atoms with van der Waals surface area (Å²) in [5.41, 5.74) is 16.3. The molecule has 0 N–H and O–H groups in total. The van der Waals surface area contributed by atoms with Gasteiger partial charge in [0.15, 0.2) is 0 Å². The molecule has 0 aliphatic carbocycles. The van der Waals surface area contributed by atoms with Gasteiger partial charge in [-0.3, -0.25) is 0 Å². The molecule has 10 aromatic rings. The van der Waals surface area contributed by atoms with Gasteiger partial charge in [0.2, 0.25) is 0 Å². The monoisotopic (exact) mass is 714 g/mol. The highest BCUT2D eigenvalue weighted by Crippen LogP contribution is 2.46. The highest BCUT2D eigenvalue weighted by Gasteiger charge is 2.21. The molecule has 0 unspecified atom stereocenters. The van der Waals surface area contributed by atoms with Crippen LogP contribution in [0.5, 0.6) is 0 Å². The van der Waals surface area contributed by atoms with Crippen LogP contribution in [-0.2, 0) is 0 Å². The van der Waals surface area contributed by atoms with Gasteiger partial charge in [-0.2, -0.15) is 0 Å². The van der Waals surface area contributed by atoms with Crippen molar-refractivity contribution in [3.8, 4) is 50.2 Å². The molecule has 2 heteroatoms. The van der Waals surface area contributed by atoms with Gasteiger partial charge in [0.1, 0.15) is 0 Å². The molecule has 0 bridgehead atoms. The van der Waals surface area contributed by atoms with Crippen LogP contribution in [0.4, 0.5) is 17.1 Å². The third-order valence-corrected chi connectivity index (χ3v) is 10.8. The van der Waals surface area contributed by atoms with E-state index in [1.54, 1.807) is 0 Å². The zero-order chi connectivity index (χ0) is 37.3. The Bertz CT molecular complexity index is 2960. The summed E-state index contributed by atoms with van der Waals surface area (Å²) in [6, 6.07) is 83.0. The van der Waals surface area contributed by atoms with Gasteiger partial charge in [0.05, 0.1) is 16.7 Å². The summed E-state index contributed by atoms with van der Waals surface area (Å²) in [5, 5.41) is 2.49. The van der Waals surface area contributed by atoms with E-state index >= 15 is 0 Å². The Hall–Kier alpha value is -7.42. The number of hydrogen-bond donors (Lipinski definition) is 0. The van der Waals surface area contributed by atoms with E-state index < -0.39 is 0 Å². The summed E-state index contributed by atoms with van der Waals surface area (Å²) in [5.74, 6) is 0. The number of benzene rings is 9. The van der Waals surface area contributed by atoms with E-state index in [-0.39, 0.29) is 0 Å². The fourth-order valence-electron chi connectivity index (χ4n) is 8.35. The molecule has 56 heavy (non-hydrogen) atoms. The van der Waals surface area contributed by atoms with Crippen LogP contribution < -0.4 is 4.90 Å². The summed E-state index contributed by atoms with van der Waals surface area (Å²) in [6.07, 6.45) is 0. The molecule has 0 saturated heterocycles. The van der Waals surface area contributed by atoms with E-state index in [1.165, 1.54) is 55.2 Å². The van der Waals surface area contributed by atoms with Crippen molar-refractivity contribution in [1.82, 2.24) is 4.57 Å². The standard InChI is InChI=1S/C54H38N2/c1-4-20-39(21-5-1)44-28-10-11-29-46(44)47-30-12-13-31-48(47)49-32-14-16-36-52(49)55(41-23-6-2-7-24-41)43-27-18-22-40(38-43)45-34-19-35-51-50-33-15-17-37-53(50)56(54(45)51)42-25-8-3-9-26-42/h1-38H. The predicted octanol–water partition coefficient (Wildman–Crippen LogP) is 14.9. The van der Waals surface area contributed by atoms with Crippen molar-refractivity contribution in [3.63, 3.8) is 0 Å². The second-order valence-electron chi connectivity index (χ2n) is 14.1. The number of rotatable bonds is 8. The third-order valence-electron chi connectivity index (χ3n) is 10.8. The molecule has 9 aromatic carbocycles. The lowest BCUT2D eigenvalue weighted by atomic mass is 9.88.